The third-order valence-electron chi connectivity index (χ3n) is 7.23. The predicted molar refractivity (Wildman–Crippen MR) is 174 cm³/mol. The van der Waals surface area contributed by atoms with Gasteiger partial charge in [-0.3, -0.25) is 6.58 Å². The molecule has 5 aromatic rings. The Morgan fingerprint density at radius 3 is 1.45 bits per heavy atom. The van der Waals surface area contributed by atoms with Gasteiger partial charge in [0.25, 0.3) is 0 Å². The summed E-state index contributed by atoms with van der Waals surface area (Å²) < 4.78 is 0. The molecular weight excluding hydrogens is 560 g/mol. The molecular formula is C39H46Zr. The Hall–Kier alpha value is -2.63. The van der Waals surface area contributed by atoms with Gasteiger partial charge in [-0.25, -0.2) is 12.1 Å². The third-order valence-corrected chi connectivity index (χ3v) is 7.23. The maximum atomic E-state index is 3.72. The molecule has 1 saturated carbocycles. The minimum atomic E-state index is 0. The molecule has 40 heavy (non-hydrogen) atoms. The van der Waals surface area contributed by atoms with E-state index in [1.54, 1.807) is 0 Å². The molecule has 0 aromatic heterocycles. The van der Waals surface area contributed by atoms with E-state index in [9.17, 15) is 0 Å². The summed E-state index contributed by atoms with van der Waals surface area (Å²) in [5, 5.41) is 5.48. The van der Waals surface area contributed by atoms with Crippen LogP contribution in [0.25, 0.3) is 21.5 Å². The normalized spacial score (nSPS) is 12.8. The fraction of sp³-hybridized carbons (Fsp3) is 0.308. The van der Waals surface area contributed by atoms with Gasteiger partial charge in [-0.15, -0.1) is 51.9 Å². The molecule has 1 heteroatoms. The Bertz CT molecular complexity index is 1310. The topological polar surface area (TPSA) is 0 Å². The van der Waals surface area contributed by atoms with Crippen molar-refractivity contribution in [2.45, 2.75) is 71.6 Å². The van der Waals surface area contributed by atoms with Gasteiger partial charge in [-0.2, -0.15) is 48.7 Å². The standard InChI is InChI=1S/C21H25.C7H7.C6H9.C5H5.Zr/c1-20(2,3)16-7-9-18-14(12-16)11-15-13-17(21(4,5)6)8-10-19(15)18;1-7-5-3-2-4-6-7;1-2-6-4-3-5-6;1-2-4-5-3-1;/h7-13H,1-6H3;2-6H,1H2;6H,1,3-5H2;1-5H;/q4*-1;+4. The van der Waals surface area contributed by atoms with E-state index < -0.39 is 0 Å². The van der Waals surface area contributed by atoms with Crippen molar-refractivity contribution in [1.82, 2.24) is 0 Å². The van der Waals surface area contributed by atoms with Gasteiger partial charge in [0.15, 0.2) is 0 Å². The van der Waals surface area contributed by atoms with Crippen molar-refractivity contribution < 1.29 is 26.2 Å². The zero-order valence-electron chi connectivity index (χ0n) is 25.4. The van der Waals surface area contributed by atoms with Crippen LogP contribution in [0.1, 0.15) is 77.5 Å². The Kier molecular flexibility index (Phi) is 12.9. The smallest absolute Gasteiger partial charge is 0.501 e. The van der Waals surface area contributed by atoms with Crippen LogP contribution in [0.2, 0.25) is 0 Å². The zero-order chi connectivity index (χ0) is 28.5. The number of allylic oxidation sites excluding steroid dienone is 1. The summed E-state index contributed by atoms with van der Waals surface area (Å²) in [5.74, 6) is 0.755. The van der Waals surface area contributed by atoms with Crippen molar-refractivity contribution >= 4 is 21.5 Å². The van der Waals surface area contributed by atoms with E-state index in [2.05, 4.69) is 104 Å². The molecule has 5 aromatic carbocycles. The largest absolute Gasteiger partial charge is 4.00 e. The molecule has 1 aliphatic rings. The summed E-state index contributed by atoms with van der Waals surface area (Å²) in [7, 11) is 0. The molecule has 0 nitrogen and oxygen atoms in total. The maximum Gasteiger partial charge on any atom is 4.00 e. The van der Waals surface area contributed by atoms with Gasteiger partial charge in [0, 0.05) is 0 Å². The average molecular weight is 606 g/mol. The first-order chi connectivity index (χ1) is 18.5. The third kappa shape index (κ3) is 10.1. The molecule has 0 bridgehead atoms. The van der Waals surface area contributed by atoms with Crippen molar-refractivity contribution in [3.8, 4) is 0 Å². The maximum absolute atomic E-state index is 3.72. The first-order valence-corrected chi connectivity index (χ1v) is 14.2. The van der Waals surface area contributed by atoms with E-state index >= 15 is 0 Å². The number of fused-ring (bicyclic) bond motifs is 3. The summed E-state index contributed by atoms with van der Waals surface area (Å²) >= 11 is 0. The molecule has 206 valence electrons. The van der Waals surface area contributed by atoms with E-state index in [1.165, 1.54) is 51.9 Å². The van der Waals surface area contributed by atoms with Crippen molar-refractivity contribution in [3.63, 3.8) is 0 Å². The van der Waals surface area contributed by atoms with Crippen LogP contribution in [0.3, 0.4) is 0 Å². The van der Waals surface area contributed by atoms with E-state index in [4.69, 9.17) is 0 Å². The van der Waals surface area contributed by atoms with Crippen LogP contribution in [0, 0.1) is 18.9 Å². The SMILES string of the molecule is C=[C-]C1CCC1.CC(C)(C)c1ccc2c(c1)[cH-]c1cc(C(C)(C)C)ccc12.[CH2-]c1ccccc1.[Zr+4].c1cc[cH-]c1. The van der Waals surface area contributed by atoms with Gasteiger partial charge >= 0.3 is 26.2 Å². The molecule has 0 aliphatic heterocycles. The van der Waals surface area contributed by atoms with Crippen LogP contribution < -0.4 is 0 Å². The van der Waals surface area contributed by atoms with Crippen LogP contribution in [0.4, 0.5) is 0 Å². The van der Waals surface area contributed by atoms with Crippen LogP contribution >= 0.6 is 0 Å². The fourth-order valence-corrected chi connectivity index (χ4v) is 4.37. The Labute approximate surface area is 263 Å². The van der Waals surface area contributed by atoms with Gasteiger partial charge in [-0.1, -0.05) is 102 Å². The molecule has 0 amide bonds. The number of hydrogen-bond acceptors (Lipinski definition) is 0. The van der Waals surface area contributed by atoms with Gasteiger partial charge in [-0.05, 0) is 10.8 Å². The van der Waals surface area contributed by atoms with Crippen molar-refractivity contribution in [3.05, 3.63) is 139 Å². The monoisotopic (exact) mass is 604 g/mol. The molecule has 0 N–H and O–H groups in total. The zero-order valence-corrected chi connectivity index (χ0v) is 27.9. The van der Waals surface area contributed by atoms with Crippen molar-refractivity contribution in [1.29, 1.82) is 0 Å². The summed E-state index contributed by atoms with van der Waals surface area (Å²) in [6, 6.07) is 36.1. The number of hydrogen-bond donors (Lipinski definition) is 0. The molecule has 1 fully saturated rings. The van der Waals surface area contributed by atoms with Crippen LogP contribution in [0.5, 0.6) is 0 Å². The molecule has 6 rings (SSSR count). The Balaban J connectivity index is 0.000000238. The fourth-order valence-electron chi connectivity index (χ4n) is 4.37. The molecule has 0 atom stereocenters. The predicted octanol–water partition coefficient (Wildman–Crippen LogP) is 11.4. The molecule has 0 unspecified atom stereocenters. The Morgan fingerprint density at radius 2 is 1.20 bits per heavy atom. The van der Waals surface area contributed by atoms with Crippen molar-refractivity contribution in [2.75, 3.05) is 0 Å². The second-order valence-corrected chi connectivity index (χ2v) is 12.5. The number of benzene rings is 3. The van der Waals surface area contributed by atoms with E-state index in [0.29, 0.717) is 0 Å². The second kappa shape index (κ2) is 15.4. The number of rotatable bonds is 1. The quantitative estimate of drug-likeness (QED) is 0.167. The molecule has 0 radical (unpaired) electrons. The van der Waals surface area contributed by atoms with Crippen molar-refractivity contribution in [2.24, 2.45) is 5.92 Å². The van der Waals surface area contributed by atoms with Gasteiger partial charge in [0.1, 0.15) is 0 Å². The summed E-state index contributed by atoms with van der Waals surface area (Å²) in [4.78, 5) is 0. The minimum absolute atomic E-state index is 0. The Morgan fingerprint density at radius 1 is 0.725 bits per heavy atom. The summed E-state index contributed by atoms with van der Waals surface area (Å²) in [5.41, 5.74) is 4.29. The summed E-state index contributed by atoms with van der Waals surface area (Å²) in [6.07, 6.45) is 7.02. The second-order valence-electron chi connectivity index (χ2n) is 12.5. The van der Waals surface area contributed by atoms with Gasteiger partial charge in [0.05, 0.1) is 0 Å². The van der Waals surface area contributed by atoms with Crippen LogP contribution in [-0.2, 0) is 37.0 Å². The average Bonchev–Trinajstić information content (AvgIpc) is 3.54. The van der Waals surface area contributed by atoms with Crippen LogP contribution in [-0.4, -0.2) is 0 Å². The minimum Gasteiger partial charge on any atom is -0.501 e. The molecule has 1 aliphatic carbocycles. The first kappa shape index (κ1) is 33.6. The van der Waals surface area contributed by atoms with Gasteiger partial charge < -0.3 is 6.08 Å². The first-order valence-electron chi connectivity index (χ1n) is 14.2. The van der Waals surface area contributed by atoms with E-state index in [1.807, 2.05) is 60.7 Å². The van der Waals surface area contributed by atoms with E-state index in [0.717, 1.165) is 11.5 Å². The van der Waals surface area contributed by atoms with Crippen LogP contribution in [0.15, 0.2) is 110 Å². The summed E-state index contributed by atoms with van der Waals surface area (Å²) in [6.45, 7) is 20.9. The van der Waals surface area contributed by atoms with E-state index in [-0.39, 0.29) is 37.0 Å². The molecule has 0 heterocycles. The van der Waals surface area contributed by atoms with Gasteiger partial charge in [0.2, 0.25) is 0 Å². The molecule has 0 saturated heterocycles. The molecule has 0 spiro atoms.